The van der Waals surface area contributed by atoms with Crippen molar-refractivity contribution in [1.82, 2.24) is 9.71 Å². The second kappa shape index (κ2) is 3.81. The van der Waals surface area contributed by atoms with Crippen molar-refractivity contribution in [3.8, 4) is 0 Å². The molecule has 72 valence electrons. The maximum absolute atomic E-state index is 5.55. The summed E-state index contributed by atoms with van der Waals surface area (Å²) in [7, 11) is 0. The average molecular weight is 180 g/mol. The van der Waals surface area contributed by atoms with Gasteiger partial charge in [-0.15, -0.1) is 0 Å². The van der Waals surface area contributed by atoms with E-state index in [4.69, 9.17) is 4.84 Å². The summed E-state index contributed by atoms with van der Waals surface area (Å²) in [4.78, 5) is 9.90. The van der Waals surface area contributed by atoms with Crippen LogP contribution in [0.2, 0.25) is 0 Å². The van der Waals surface area contributed by atoms with Gasteiger partial charge in [-0.2, -0.15) is 4.73 Å². The van der Waals surface area contributed by atoms with Crippen molar-refractivity contribution in [2.45, 2.75) is 39.0 Å². The predicted octanol–water partition coefficient (Wildman–Crippen LogP) is 1.60. The molecule has 0 bridgehead atoms. The Morgan fingerprint density at radius 3 is 3.15 bits per heavy atom. The van der Waals surface area contributed by atoms with Gasteiger partial charge < -0.3 is 4.84 Å². The monoisotopic (exact) mass is 180 g/mol. The molecule has 0 aromatic carbocycles. The van der Waals surface area contributed by atoms with Crippen molar-refractivity contribution in [2.75, 3.05) is 6.61 Å². The standard InChI is InChI=1S/C10H16N2O/c1-2-7-13-12-8-11-9-5-3-4-6-10(9)12/h8H,2-7H2,1H3. The van der Waals surface area contributed by atoms with E-state index in [1.807, 2.05) is 11.1 Å². The summed E-state index contributed by atoms with van der Waals surface area (Å²) in [5.41, 5.74) is 2.53. The molecule has 0 saturated heterocycles. The zero-order valence-electron chi connectivity index (χ0n) is 8.12. The lowest BCUT2D eigenvalue weighted by atomic mass is 10.0. The molecule has 1 aliphatic carbocycles. The van der Waals surface area contributed by atoms with Gasteiger partial charge in [-0.1, -0.05) is 6.92 Å². The molecule has 1 aromatic heterocycles. The number of fused-ring (bicyclic) bond motifs is 1. The molecule has 1 aliphatic rings. The SMILES string of the molecule is CCCOn1cnc2c1CCCC2. The van der Waals surface area contributed by atoms with Crippen molar-refractivity contribution < 1.29 is 4.84 Å². The number of hydrogen-bond donors (Lipinski definition) is 0. The first-order valence-electron chi connectivity index (χ1n) is 5.10. The fourth-order valence-electron chi connectivity index (χ4n) is 1.74. The third kappa shape index (κ3) is 1.69. The zero-order valence-corrected chi connectivity index (χ0v) is 8.12. The van der Waals surface area contributed by atoms with E-state index in [0.717, 1.165) is 25.9 Å². The molecular weight excluding hydrogens is 164 g/mol. The fraction of sp³-hybridized carbons (Fsp3) is 0.700. The van der Waals surface area contributed by atoms with Crippen LogP contribution in [0.15, 0.2) is 6.33 Å². The lowest BCUT2D eigenvalue weighted by Gasteiger charge is -2.13. The molecule has 0 spiro atoms. The first kappa shape index (κ1) is 8.60. The summed E-state index contributed by atoms with van der Waals surface area (Å²) >= 11 is 0. The van der Waals surface area contributed by atoms with Gasteiger partial charge in [0.1, 0.15) is 12.9 Å². The van der Waals surface area contributed by atoms with Crippen molar-refractivity contribution >= 4 is 0 Å². The molecule has 3 heteroatoms. The number of hydrogen-bond acceptors (Lipinski definition) is 2. The van der Waals surface area contributed by atoms with E-state index in [9.17, 15) is 0 Å². The fourth-order valence-corrected chi connectivity index (χ4v) is 1.74. The van der Waals surface area contributed by atoms with Crippen molar-refractivity contribution in [3.05, 3.63) is 17.7 Å². The lowest BCUT2D eigenvalue weighted by Crippen LogP contribution is -2.16. The summed E-state index contributed by atoms with van der Waals surface area (Å²) < 4.78 is 1.86. The molecule has 0 unspecified atom stereocenters. The van der Waals surface area contributed by atoms with Crippen LogP contribution in [-0.2, 0) is 12.8 Å². The maximum Gasteiger partial charge on any atom is 0.132 e. The predicted molar refractivity (Wildman–Crippen MR) is 50.6 cm³/mol. The number of imidazole rings is 1. The quantitative estimate of drug-likeness (QED) is 0.706. The largest absolute Gasteiger partial charge is 0.413 e. The minimum Gasteiger partial charge on any atom is -0.413 e. The Balaban J connectivity index is 2.12. The third-order valence-corrected chi connectivity index (χ3v) is 2.43. The van der Waals surface area contributed by atoms with Crippen LogP contribution >= 0.6 is 0 Å². The number of rotatable bonds is 3. The number of aromatic nitrogens is 2. The summed E-state index contributed by atoms with van der Waals surface area (Å²) in [5, 5.41) is 0. The van der Waals surface area contributed by atoms with Crippen LogP contribution in [0.3, 0.4) is 0 Å². The summed E-state index contributed by atoms with van der Waals surface area (Å²) in [6, 6.07) is 0. The molecule has 0 fully saturated rings. The van der Waals surface area contributed by atoms with Gasteiger partial charge in [0.2, 0.25) is 0 Å². The van der Waals surface area contributed by atoms with Gasteiger partial charge in [0.15, 0.2) is 0 Å². The van der Waals surface area contributed by atoms with Crippen LogP contribution in [0.1, 0.15) is 37.6 Å². The highest BCUT2D eigenvalue weighted by atomic mass is 16.7. The molecule has 2 rings (SSSR count). The molecule has 0 N–H and O–H groups in total. The molecule has 0 atom stereocenters. The van der Waals surface area contributed by atoms with Gasteiger partial charge in [0.05, 0.1) is 11.4 Å². The Bertz CT molecular complexity index is 280. The van der Waals surface area contributed by atoms with Gasteiger partial charge >= 0.3 is 0 Å². The van der Waals surface area contributed by atoms with Crippen molar-refractivity contribution in [3.63, 3.8) is 0 Å². The van der Waals surface area contributed by atoms with Crippen LogP contribution in [0.25, 0.3) is 0 Å². The minimum atomic E-state index is 0.781. The van der Waals surface area contributed by atoms with Crippen LogP contribution in [0.4, 0.5) is 0 Å². The highest BCUT2D eigenvalue weighted by Gasteiger charge is 2.15. The molecule has 0 amide bonds. The Labute approximate surface area is 78.7 Å². The average Bonchev–Trinajstić information content (AvgIpc) is 2.58. The first-order chi connectivity index (χ1) is 6.42. The van der Waals surface area contributed by atoms with Crippen LogP contribution in [0, 0.1) is 0 Å². The van der Waals surface area contributed by atoms with E-state index in [-0.39, 0.29) is 0 Å². The second-order valence-electron chi connectivity index (χ2n) is 3.50. The van der Waals surface area contributed by atoms with Crippen LogP contribution in [0.5, 0.6) is 0 Å². The van der Waals surface area contributed by atoms with Crippen LogP contribution < -0.4 is 4.84 Å². The van der Waals surface area contributed by atoms with Gasteiger partial charge in [-0.25, -0.2) is 4.98 Å². The Morgan fingerprint density at radius 2 is 2.31 bits per heavy atom. The van der Waals surface area contributed by atoms with Crippen molar-refractivity contribution in [2.24, 2.45) is 0 Å². The molecule has 0 aliphatic heterocycles. The Morgan fingerprint density at radius 1 is 1.46 bits per heavy atom. The molecular formula is C10H16N2O. The van der Waals surface area contributed by atoms with Gasteiger partial charge in [-0.05, 0) is 32.1 Å². The lowest BCUT2D eigenvalue weighted by molar-refractivity contribution is 0.103. The molecule has 1 heterocycles. The summed E-state index contributed by atoms with van der Waals surface area (Å²) in [6.07, 6.45) is 7.65. The number of aryl methyl sites for hydroxylation is 1. The third-order valence-electron chi connectivity index (χ3n) is 2.43. The van der Waals surface area contributed by atoms with Crippen molar-refractivity contribution in [1.29, 1.82) is 0 Å². The van der Waals surface area contributed by atoms with E-state index in [0.29, 0.717) is 0 Å². The molecule has 3 nitrogen and oxygen atoms in total. The Kier molecular flexibility index (Phi) is 2.52. The minimum absolute atomic E-state index is 0.781. The number of nitrogens with zero attached hydrogens (tertiary/aromatic N) is 2. The van der Waals surface area contributed by atoms with Gasteiger partial charge in [0, 0.05) is 0 Å². The van der Waals surface area contributed by atoms with E-state index in [2.05, 4.69) is 11.9 Å². The zero-order chi connectivity index (χ0) is 9.10. The van der Waals surface area contributed by atoms with E-state index < -0.39 is 0 Å². The molecule has 0 radical (unpaired) electrons. The maximum atomic E-state index is 5.55. The smallest absolute Gasteiger partial charge is 0.132 e. The van der Waals surface area contributed by atoms with Crippen LogP contribution in [-0.4, -0.2) is 16.3 Å². The highest BCUT2D eigenvalue weighted by Crippen LogP contribution is 2.18. The molecule has 13 heavy (non-hydrogen) atoms. The Hall–Kier alpha value is -0.990. The molecule has 1 aromatic rings. The van der Waals surface area contributed by atoms with E-state index >= 15 is 0 Å². The second-order valence-corrected chi connectivity index (χ2v) is 3.50. The highest BCUT2D eigenvalue weighted by molar-refractivity contribution is 5.15. The summed E-state index contributed by atoms with van der Waals surface area (Å²) in [6.45, 7) is 2.90. The first-order valence-corrected chi connectivity index (χ1v) is 5.10. The van der Waals surface area contributed by atoms with Gasteiger partial charge in [0.25, 0.3) is 0 Å². The topological polar surface area (TPSA) is 27.1 Å². The van der Waals surface area contributed by atoms with Gasteiger partial charge in [-0.3, -0.25) is 0 Å². The molecule has 0 saturated carbocycles. The summed E-state index contributed by atoms with van der Waals surface area (Å²) in [5.74, 6) is 0. The normalized spacial score (nSPS) is 15.5. The van der Waals surface area contributed by atoms with E-state index in [1.54, 1.807) is 0 Å². The van der Waals surface area contributed by atoms with E-state index in [1.165, 1.54) is 24.2 Å².